The number of phenols is 1. The van der Waals surface area contributed by atoms with Crippen molar-refractivity contribution in [3.8, 4) is 16.9 Å². The number of aliphatic hydroxyl groups is 1. The summed E-state index contributed by atoms with van der Waals surface area (Å²) in [6.45, 7) is 6.04. The Kier molecular flexibility index (Phi) is 8.26. The molecule has 1 aliphatic heterocycles. The number of aromatic hydroxyl groups is 1. The molecule has 3 aromatic carbocycles. The monoisotopic (exact) mass is 541 g/mol. The molecule has 0 bridgehead atoms. The van der Waals surface area contributed by atoms with Crippen LogP contribution in [0.4, 0.5) is 0 Å². The minimum absolute atomic E-state index is 0.00651. The maximum absolute atomic E-state index is 14.4. The van der Waals surface area contributed by atoms with Crippen molar-refractivity contribution in [1.82, 2.24) is 14.4 Å². The van der Waals surface area contributed by atoms with Gasteiger partial charge in [0.2, 0.25) is 0 Å². The molecule has 2 N–H and O–H groups in total. The predicted octanol–water partition coefficient (Wildman–Crippen LogP) is 5.04. The van der Waals surface area contributed by atoms with Crippen LogP contribution in [0.25, 0.3) is 22.0 Å². The second kappa shape index (κ2) is 11.8. The number of ether oxygens (including phenoxy) is 1. The number of nitrogens with zero attached hydrogens (tertiary/aromatic N) is 3. The van der Waals surface area contributed by atoms with E-state index in [0.29, 0.717) is 31.9 Å². The summed E-state index contributed by atoms with van der Waals surface area (Å²) in [4.78, 5) is 18.4. The van der Waals surface area contributed by atoms with Crippen LogP contribution in [0.1, 0.15) is 35.5 Å². The Morgan fingerprint density at radius 1 is 1.07 bits per heavy atom. The minimum atomic E-state index is -0.359. The largest absolute Gasteiger partial charge is 0.508 e. The van der Waals surface area contributed by atoms with Crippen LogP contribution >= 0.6 is 0 Å². The number of benzene rings is 3. The lowest BCUT2D eigenvalue weighted by Crippen LogP contribution is -2.47. The highest BCUT2D eigenvalue weighted by Gasteiger charge is 2.33. The number of carbonyl (C=O) groups excluding carboxylic acids is 1. The summed E-state index contributed by atoms with van der Waals surface area (Å²) in [6, 6.07) is 23.2. The molecule has 210 valence electrons. The van der Waals surface area contributed by atoms with Crippen LogP contribution in [0.5, 0.6) is 5.75 Å². The van der Waals surface area contributed by atoms with E-state index in [1.807, 2.05) is 73.0 Å². The second-order valence-corrected chi connectivity index (χ2v) is 11.1. The zero-order valence-corrected chi connectivity index (χ0v) is 23.7. The molecular weight excluding hydrogens is 502 g/mol. The van der Waals surface area contributed by atoms with Crippen LogP contribution in [0.2, 0.25) is 0 Å². The average Bonchev–Trinajstić information content (AvgIpc) is 3.24. The van der Waals surface area contributed by atoms with Crippen LogP contribution < -0.4 is 0 Å². The van der Waals surface area contributed by atoms with Crippen molar-refractivity contribution in [3.05, 3.63) is 89.6 Å². The molecule has 2 heterocycles. The third-order valence-electron chi connectivity index (χ3n) is 8.08. The number of rotatable bonds is 6. The maximum Gasteiger partial charge on any atom is 0.271 e. The lowest BCUT2D eigenvalue weighted by atomic mass is 9.96. The molecule has 0 aliphatic carbocycles. The fraction of sp³-hybridized carbons (Fsp3) is 0.364. The molecule has 0 unspecified atom stereocenters. The van der Waals surface area contributed by atoms with Gasteiger partial charge in [-0.05, 0) is 48.9 Å². The number of aliphatic hydroxyl groups excluding tert-OH is 1. The summed E-state index contributed by atoms with van der Waals surface area (Å²) in [7, 11) is 3.99. The molecule has 5 rings (SSSR count). The molecule has 1 aliphatic rings. The van der Waals surface area contributed by atoms with Gasteiger partial charge in [-0.25, -0.2) is 0 Å². The van der Waals surface area contributed by atoms with Crippen molar-refractivity contribution in [3.63, 3.8) is 0 Å². The predicted molar refractivity (Wildman–Crippen MR) is 158 cm³/mol. The van der Waals surface area contributed by atoms with Gasteiger partial charge in [0.25, 0.3) is 5.91 Å². The number of aromatic nitrogens is 1. The van der Waals surface area contributed by atoms with Crippen molar-refractivity contribution in [1.29, 1.82) is 0 Å². The topological polar surface area (TPSA) is 78.2 Å². The van der Waals surface area contributed by atoms with Gasteiger partial charge in [0.1, 0.15) is 11.4 Å². The quantitative estimate of drug-likeness (QED) is 0.358. The van der Waals surface area contributed by atoms with E-state index >= 15 is 0 Å². The number of amides is 1. The molecule has 7 heteroatoms. The SMILES string of the molecule is C[C@H](CO)N1C[C@H](C)[C@H](CN(C)Cc2cccc(O)c2)OCc2ccccc2-c2c(n(C)c3ccccc23)C1=O. The molecule has 0 saturated heterocycles. The molecule has 0 fully saturated rings. The summed E-state index contributed by atoms with van der Waals surface area (Å²) < 4.78 is 8.67. The van der Waals surface area contributed by atoms with Crippen molar-refractivity contribution >= 4 is 16.8 Å². The third-order valence-corrected chi connectivity index (χ3v) is 8.08. The van der Waals surface area contributed by atoms with Crippen LogP contribution in [-0.4, -0.2) is 69.4 Å². The first-order valence-electron chi connectivity index (χ1n) is 13.9. The highest BCUT2D eigenvalue weighted by atomic mass is 16.5. The third kappa shape index (κ3) is 5.50. The lowest BCUT2D eigenvalue weighted by Gasteiger charge is -2.35. The summed E-state index contributed by atoms with van der Waals surface area (Å²) in [5.74, 6) is 0.153. The average molecular weight is 542 g/mol. The van der Waals surface area contributed by atoms with Crippen molar-refractivity contribution in [2.24, 2.45) is 13.0 Å². The molecular formula is C33H39N3O4. The number of para-hydroxylation sites is 1. The zero-order valence-electron chi connectivity index (χ0n) is 23.7. The van der Waals surface area contributed by atoms with Gasteiger partial charge in [0.05, 0.1) is 25.4 Å². The van der Waals surface area contributed by atoms with Gasteiger partial charge in [0.15, 0.2) is 0 Å². The molecule has 0 spiro atoms. The Bertz CT molecular complexity index is 1500. The Morgan fingerprint density at radius 2 is 1.82 bits per heavy atom. The first kappa shape index (κ1) is 27.9. The van der Waals surface area contributed by atoms with Crippen molar-refractivity contribution in [2.45, 2.75) is 39.1 Å². The summed E-state index contributed by atoms with van der Waals surface area (Å²) in [5, 5.41) is 21.1. The molecule has 40 heavy (non-hydrogen) atoms. The molecule has 3 atom stereocenters. The van der Waals surface area contributed by atoms with E-state index in [-0.39, 0.29) is 36.3 Å². The molecule has 7 nitrogen and oxygen atoms in total. The van der Waals surface area contributed by atoms with Crippen LogP contribution in [-0.2, 0) is 24.9 Å². The highest BCUT2D eigenvalue weighted by molar-refractivity contribution is 6.10. The van der Waals surface area contributed by atoms with E-state index < -0.39 is 0 Å². The number of fused-ring (bicyclic) bond motifs is 5. The smallest absolute Gasteiger partial charge is 0.271 e. The standard InChI is InChI=1S/C33H39N3O4/c1-22-17-36(23(2)20-37)33(39)32-31(28-14-7-8-15-29(28)35(32)4)27-13-6-5-11-25(27)21-40-30(22)19-34(3)18-24-10-9-12-26(38)16-24/h5-16,22-23,30,37-38H,17-21H2,1-4H3/t22-,23+,30-/m0/s1. The number of aryl methyl sites for hydroxylation is 1. The Hall–Kier alpha value is -3.65. The van der Waals surface area contributed by atoms with Crippen LogP contribution in [0, 0.1) is 5.92 Å². The zero-order chi connectivity index (χ0) is 28.4. The number of phenolic OH excluding ortho intramolecular Hbond substituents is 1. The van der Waals surface area contributed by atoms with Gasteiger partial charge in [-0.1, -0.05) is 61.5 Å². The van der Waals surface area contributed by atoms with E-state index in [1.165, 1.54) is 0 Å². The molecule has 0 saturated carbocycles. The van der Waals surface area contributed by atoms with Crippen molar-refractivity contribution in [2.75, 3.05) is 26.7 Å². The fourth-order valence-electron chi connectivity index (χ4n) is 5.86. The Labute approximate surface area is 236 Å². The summed E-state index contributed by atoms with van der Waals surface area (Å²) in [5.41, 5.74) is 5.56. The number of likely N-dealkylation sites (N-methyl/N-ethyl adjacent to an activating group) is 1. The van der Waals surface area contributed by atoms with Gasteiger partial charge in [-0.15, -0.1) is 0 Å². The number of hydrogen-bond donors (Lipinski definition) is 2. The summed E-state index contributed by atoms with van der Waals surface area (Å²) >= 11 is 0. The molecule has 1 amide bonds. The van der Waals surface area contributed by atoms with Gasteiger partial charge >= 0.3 is 0 Å². The van der Waals surface area contributed by atoms with Crippen LogP contribution in [0.15, 0.2) is 72.8 Å². The second-order valence-electron chi connectivity index (χ2n) is 11.1. The molecule has 4 aromatic rings. The number of hydrogen-bond acceptors (Lipinski definition) is 5. The van der Waals surface area contributed by atoms with Gasteiger partial charge in [0, 0.05) is 49.1 Å². The fourth-order valence-corrected chi connectivity index (χ4v) is 5.86. The lowest BCUT2D eigenvalue weighted by molar-refractivity contribution is -0.0242. The van der Waals surface area contributed by atoms with Gasteiger partial charge in [-0.3, -0.25) is 9.69 Å². The highest BCUT2D eigenvalue weighted by Crippen LogP contribution is 2.38. The normalized spacial score (nSPS) is 18.9. The Balaban J connectivity index is 1.57. The minimum Gasteiger partial charge on any atom is -0.508 e. The van der Waals surface area contributed by atoms with Gasteiger partial charge < -0.3 is 24.4 Å². The van der Waals surface area contributed by atoms with E-state index in [0.717, 1.165) is 33.2 Å². The van der Waals surface area contributed by atoms with Crippen LogP contribution in [0.3, 0.4) is 0 Å². The first-order chi connectivity index (χ1) is 19.3. The summed E-state index contributed by atoms with van der Waals surface area (Å²) in [6.07, 6.45) is -0.172. The molecule has 0 radical (unpaired) electrons. The van der Waals surface area contributed by atoms with E-state index in [2.05, 4.69) is 30.0 Å². The Morgan fingerprint density at radius 3 is 2.60 bits per heavy atom. The number of carbonyl (C=O) groups is 1. The van der Waals surface area contributed by atoms with E-state index in [1.54, 1.807) is 12.1 Å². The van der Waals surface area contributed by atoms with Gasteiger partial charge in [-0.2, -0.15) is 0 Å². The van der Waals surface area contributed by atoms with E-state index in [4.69, 9.17) is 4.74 Å². The van der Waals surface area contributed by atoms with Crippen molar-refractivity contribution < 1.29 is 19.7 Å². The molecule has 1 aromatic heterocycles. The van der Waals surface area contributed by atoms with E-state index in [9.17, 15) is 15.0 Å². The maximum atomic E-state index is 14.4. The first-order valence-corrected chi connectivity index (χ1v) is 13.9.